The molecule has 7 nitrogen and oxygen atoms in total. The first-order chi connectivity index (χ1) is 14.7. The lowest BCUT2D eigenvalue weighted by Gasteiger charge is -2.50. The Labute approximate surface area is 177 Å². The molecule has 0 bridgehead atoms. The lowest BCUT2D eigenvalue weighted by Crippen LogP contribution is -2.63. The fourth-order valence-electron chi connectivity index (χ4n) is 5.94. The molecular weight excluding hydrogens is 376 g/mol. The van der Waals surface area contributed by atoms with Crippen molar-refractivity contribution in [1.82, 2.24) is 29.5 Å². The van der Waals surface area contributed by atoms with E-state index in [0.717, 1.165) is 48.2 Å². The van der Waals surface area contributed by atoms with Gasteiger partial charge in [-0.05, 0) is 50.6 Å². The summed E-state index contributed by atoms with van der Waals surface area (Å²) in [5.41, 5.74) is 3.03. The smallest absolute Gasteiger partial charge is 0.179 e. The maximum atomic E-state index is 5.67. The van der Waals surface area contributed by atoms with E-state index in [0.29, 0.717) is 17.9 Å². The molecule has 6 rings (SSSR count). The van der Waals surface area contributed by atoms with Crippen molar-refractivity contribution in [3.8, 4) is 0 Å². The number of rotatable bonds is 7. The zero-order chi connectivity index (χ0) is 20.3. The standard InChI is InChI=1S/C23H32N6O/c1-3-16-10-17(28(9-7-15-4-5-15)23(2)13-30-14-23)11-18(16)22-27-26-20-12-25-21-19(29(20)22)6-8-24-21/h6,8,12,15-18,24H,3-5,7,9-11,13-14H2,1-2H3/t16-,17+,18+/m1/s1. The van der Waals surface area contributed by atoms with Gasteiger partial charge in [-0.1, -0.05) is 26.2 Å². The van der Waals surface area contributed by atoms with Crippen LogP contribution in [0.3, 0.4) is 0 Å². The first kappa shape index (κ1) is 18.8. The van der Waals surface area contributed by atoms with Crippen molar-refractivity contribution in [2.75, 3.05) is 19.8 Å². The summed E-state index contributed by atoms with van der Waals surface area (Å²) in [6.45, 7) is 7.70. The molecular formula is C23H32N6O. The Bertz CT molecular complexity index is 1050. The highest BCUT2D eigenvalue weighted by molar-refractivity contribution is 5.74. The van der Waals surface area contributed by atoms with Gasteiger partial charge >= 0.3 is 0 Å². The SMILES string of the molecule is CC[C@@H]1C[C@H](N(CCC2CC2)C2(C)COC2)C[C@@H]1c1nnc2cnc3[nH]ccc3n12. The van der Waals surface area contributed by atoms with E-state index in [9.17, 15) is 0 Å². The van der Waals surface area contributed by atoms with Crippen molar-refractivity contribution in [2.45, 2.75) is 69.9 Å². The molecule has 3 aliphatic rings. The van der Waals surface area contributed by atoms with Gasteiger partial charge in [0.25, 0.3) is 0 Å². The molecule has 0 spiro atoms. The van der Waals surface area contributed by atoms with Gasteiger partial charge in [0, 0.05) is 18.2 Å². The van der Waals surface area contributed by atoms with Crippen molar-refractivity contribution in [2.24, 2.45) is 11.8 Å². The third kappa shape index (κ3) is 2.97. The minimum Gasteiger partial charge on any atom is -0.377 e. The third-order valence-corrected chi connectivity index (χ3v) is 7.93. The maximum absolute atomic E-state index is 5.67. The van der Waals surface area contributed by atoms with Crippen molar-refractivity contribution >= 4 is 16.8 Å². The van der Waals surface area contributed by atoms with Crippen LogP contribution >= 0.6 is 0 Å². The highest BCUT2D eigenvalue weighted by atomic mass is 16.5. The maximum Gasteiger partial charge on any atom is 0.179 e. The Hall–Kier alpha value is -1.99. The second kappa shape index (κ2) is 7.02. The van der Waals surface area contributed by atoms with E-state index in [2.05, 4.69) is 44.3 Å². The van der Waals surface area contributed by atoms with E-state index >= 15 is 0 Å². The van der Waals surface area contributed by atoms with Crippen LogP contribution in [0.5, 0.6) is 0 Å². The van der Waals surface area contributed by atoms with Crippen LogP contribution in [0.25, 0.3) is 16.8 Å². The van der Waals surface area contributed by atoms with Crippen LogP contribution in [-0.2, 0) is 4.74 Å². The Morgan fingerprint density at radius 3 is 2.87 bits per heavy atom. The zero-order valence-electron chi connectivity index (χ0n) is 18.0. The van der Waals surface area contributed by atoms with Crippen LogP contribution in [-0.4, -0.2) is 60.8 Å². The van der Waals surface area contributed by atoms with Gasteiger partial charge in [0.1, 0.15) is 5.82 Å². The van der Waals surface area contributed by atoms with Crippen molar-refractivity contribution in [1.29, 1.82) is 0 Å². The molecule has 0 amide bonds. The zero-order valence-corrected chi connectivity index (χ0v) is 18.0. The number of ether oxygens (including phenoxy) is 1. The van der Waals surface area contributed by atoms with E-state index in [1.165, 1.54) is 38.6 Å². The fourth-order valence-corrected chi connectivity index (χ4v) is 5.94. The molecule has 3 atom stereocenters. The highest BCUT2D eigenvalue weighted by Gasteiger charge is 2.47. The Balaban J connectivity index is 1.33. The molecule has 0 aromatic carbocycles. The first-order valence-electron chi connectivity index (χ1n) is 11.7. The number of aromatic nitrogens is 5. The average molecular weight is 409 g/mol. The molecule has 1 N–H and O–H groups in total. The van der Waals surface area contributed by atoms with Crippen LogP contribution in [0.15, 0.2) is 18.5 Å². The molecule has 0 radical (unpaired) electrons. The van der Waals surface area contributed by atoms with E-state index in [-0.39, 0.29) is 5.54 Å². The van der Waals surface area contributed by atoms with Gasteiger partial charge in [-0.2, -0.15) is 0 Å². The van der Waals surface area contributed by atoms with Gasteiger partial charge in [0.15, 0.2) is 11.3 Å². The minimum atomic E-state index is 0.206. The van der Waals surface area contributed by atoms with E-state index < -0.39 is 0 Å². The van der Waals surface area contributed by atoms with Gasteiger partial charge in [-0.25, -0.2) is 4.98 Å². The Kier molecular flexibility index (Phi) is 4.39. The lowest BCUT2D eigenvalue weighted by atomic mass is 9.93. The molecule has 2 aliphatic carbocycles. The predicted molar refractivity (Wildman–Crippen MR) is 115 cm³/mol. The number of hydrogen-bond donors (Lipinski definition) is 1. The topological polar surface area (TPSA) is 71.3 Å². The largest absolute Gasteiger partial charge is 0.377 e. The van der Waals surface area contributed by atoms with E-state index in [1.54, 1.807) is 0 Å². The first-order valence-corrected chi connectivity index (χ1v) is 11.7. The molecule has 1 saturated heterocycles. The lowest BCUT2D eigenvalue weighted by molar-refractivity contribution is -0.144. The number of H-pyrrole nitrogens is 1. The van der Waals surface area contributed by atoms with Crippen LogP contribution in [0.1, 0.15) is 64.1 Å². The number of hydrogen-bond acceptors (Lipinski definition) is 5. The summed E-state index contributed by atoms with van der Waals surface area (Å²) in [6, 6.07) is 2.69. The second-order valence-corrected chi connectivity index (χ2v) is 10.0. The molecule has 2 saturated carbocycles. The van der Waals surface area contributed by atoms with Gasteiger partial charge in [-0.3, -0.25) is 9.30 Å². The summed E-state index contributed by atoms with van der Waals surface area (Å²) in [7, 11) is 0. The minimum absolute atomic E-state index is 0.206. The fraction of sp³-hybridized carbons (Fsp3) is 0.696. The Morgan fingerprint density at radius 2 is 2.13 bits per heavy atom. The van der Waals surface area contributed by atoms with Crippen LogP contribution in [0, 0.1) is 11.8 Å². The summed E-state index contributed by atoms with van der Waals surface area (Å²) in [4.78, 5) is 10.5. The van der Waals surface area contributed by atoms with Crippen molar-refractivity contribution in [3.63, 3.8) is 0 Å². The Morgan fingerprint density at radius 1 is 1.27 bits per heavy atom. The summed E-state index contributed by atoms with van der Waals surface area (Å²) in [6.07, 6.45) is 11.6. The van der Waals surface area contributed by atoms with Crippen LogP contribution in [0.4, 0.5) is 0 Å². The third-order valence-electron chi connectivity index (χ3n) is 7.93. The summed E-state index contributed by atoms with van der Waals surface area (Å²) in [5, 5.41) is 9.17. The summed E-state index contributed by atoms with van der Waals surface area (Å²) < 4.78 is 7.90. The van der Waals surface area contributed by atoms with Gasteiger partial charge < -0.3 is 9.72 Å². The van der Waals surface area contributed by atoms with Crippen molar-refractivity contribution < 1.29 is 4.74 Å². The molecule has 7 heteroatoms. The molecule has 160 valence electrons. The molecule has 1 aliphatic heterocycles. The molecule has 3 fully saturated rings. The number of nitrogens with zero attached hydrogens (tertiary/aromatic N) is 5. The number of aromatic amines is 1. The monoisotopic (exact) mass is 408 g/mol. The number of nitrogens with one attached hydrogen (secondary N) is 1. The number of fused-ring (bicyclic) bond motifs is 3. The van der Waals surface area contributed by atoms with E-state index in [4.69, 9.17) is 9.84 Å². The van der Waals surface area contributed by atoms with E-state index in [1.807, 2.05) is 12.4 Å². The molecule has 4 heterocycles. The van der Waals surface area contributed by atoms with Gasteiger partial charge in [0.05, 0.1) is 30.5 Å². The highest BCUT2D eigenvalue weighted by Crippen LogP contribution is 2.46. The summed E-state index contributed by atoms with van der Waals surface area (Å²) >= 11 is 0. The normalized spacial score (nSPS) is 28.6. The molecule has 3 aromatic heterocycles. The molecule has 30 heavy (non-hydrogen) atoms. The van der Waals surface area contributed by atoms with Gasteiger partial charge in [-0.15, -0.1) is 10.2 Å². The van der Waals surface area contributed by atoms with Crippen LogP contribution < -0.4 is 0 Å². The average Bonchev–Trinajstić information content (AvgIpc) is 3.12. The second-order valence-electron chi connectivity index (χ2n) is 10.0. The van der Waals surface area contributed by atoms with Gasteiger partial charge in [0.2, 0.25) is 0 Å². The molecule has 3 aromatic rings. The van der Waals surface area contributed by atoms with Crippen LogP contribution in [0.2, 0.25) is 0 Å². The predicted octanol–water partition coefficient (Wildman–Crippen LogP) is 3.77. The molecule has 0 unspecified atom stereocenters. The quantitative estimate of drug-likeness (QED) is 0.644. The summed E-state index contributed by atoms with van der Waals surface area (Å²) in [5.74, 6) is 3.15. The van der Waals surface area contributed by atoms with Crippen molar-refractivity contribution in [3.05, 3.63) is 24.3 Å².